The second kappa shape index (κ2) is 7.80. The standard InChI is InChI=1S/C11H18N2O5/c1-15-4-5-18-7-8(14)10-11(17-3)13-9(16-2)6-12-10/h6,8,14H,4-5,7H2,1-3H3. The first kappa shape index (κ1) is 14.6. The smallest absolute Gasteiger partial charge is 0.241 e. The third-order valence-corrected chi connectivity index (χ3v) is 2.17. The van der Waals surface area contributed by atoms with E-state index >= 15 is 0 Å². The van der Waals surface area contributed by atoms with Crippen molar-refractivity contribution >= 4 is 0 Å². The number of hydrogen-bond acceptors (Lipinski definition) is 7. The van der Waals surface area contributed by atoms with Crippen molar-refractivity contribution in [2.24, 2.45) is 0 Å². The number of rotatable bonds is 8. The summed E-state index contributed by atoms with van der Waals surface area (Å²) in [6.45, 7) is 0.971. The molecule has 1 rings (SSSR count). The van der Waals surface area contributed by atoms with Crippen molar-refractivity contribution in [2.45, 2.75) is 6.10 Å². The van der Waals surface area contributed by atoms with Crippen LogP contribution < -0.4 is 9.47 Å². The highest BCUT2D eigenvalue weighted by Crippen LogP contribution is 2.23. The van der Waals surface area contributed by atoms with E-state index in [-0.39, 0.29) is 12.5 Å². The maximum Gasteiger partial charge on any atom is 0.241 e. The van der Waals surface area contributed by atoms with Gasteiger partial charge in [-0.1, -0.05) is 0 Å². The van der Waals surface area contributed by atoms with Gasteiger partial charge in [0.25, 0.3) is 0 Å². The van der Waals surface area contributed by atoms with Crippen LogP contribution in [0.25, 0.3) is 0 Å². The predicted octanol–water partition coefficient (Wildman–Crippen LogP) is 0.190. The molecule has 1 aromatic rings. The summed E-state index contributed by atoms with van der Waals surface area (Å²) in [5.41, 5.74) is 0.315. The molecule has 0 aromatic carbocycles. The summed E-state index contributed by atoms with van der Waals surface area (Å²) in [6, 6.07) is 0. The van der Waals surface area contributed by atoms with E-state index in [0.29, 0.717) is 24.8 Å². The maximum absolute atomic E-state index is 9.91. The Morgan fingerprint density at radius 1 is 1.22 bits per heavy atom. The first-order valence-corrected chi connectivity index (χ1v) is 5.42. The first-order chi connectivity index (χ1) is 8.72. The van der Waals surface area contributed by atoms with Crippen LogP contribution in [0.4, 0.5) is 0 Å². The third-order valence-electron chi connectivity index (χ3n) is 2.17. The summed E-state index contributed by atoms with van der Waals surface area (Å²) in [4.78, 5) is 8.07. The van der Waals surface area contributed by atoms with Gasteiger partial charge in [-0.25, -0.2) is 4.98 Å². The Kier molecular flexibility index (Phi) is 6.34. The van der Waals surface area contributed by atoms with Crippen LogP contribution in [0.3, 0.4) is 0 Å². The van der Waals surface area contributed by atoms with E-state index in [1.54, 1.807) is 7.11 Å². The van der Waals surface area contributed by atoms with Gasteiger partial charge < -0.3 is 24.1 Å². The van der Waals surface area contributed by atoms with Crippen LogP contribution in [0.2, 0.25) is 0 Å². The number of ether oxygens (including phenoxy) is 4. The van der Waals surface area contributed by atoms with Crippen molar-refractivity contribution in [3.63, 3.8) is 0 Å². The summed E-state index contributed by atoms with van der Waals surface area (Å²) in [7, 11) is 4.51. The minimum absolute atomic E-state index is 0.0979. The molecule has 0 spiro atoms. The van der Waals surface area contributed by atoms with E-state index in [1.165, 1.54) is 20.4 Å². The van der Waals surface area contributed by atoms with Crippen LogP contribution in [0, 0.1) is 0 Å². The molecule has 1 aromatic heterocycles. The van der Waals surface area contributed by atoms with Crippen LogP contribution in [-0.2, 0) is 9.47 Å². The molecule has 0 aliphatic rings. The van der Waals surface area contributed by atoms with Crippen molar-refractivity contribution < 1.29 is 24.1 Å². The molecule has 0 amide bonds. The summed E-state index contributed by atoms with van der Waals surface area (Å²) in [6.07, 6.45) is 0.506. The normalized spacial score (nSPS) is 12.2. The summed E-state index contributed by atoms with van der Waals surface area (Å²) < 4.78 is 20.0. The molecule has 1 N–H and O–H groups in total. The Labute approximate surface area is 106 Å². The lowest BCUT2D eigenvalue weighted by Gasteiger charge is -2.13. The number of aliphatic hydroxyl groups is 1. The Balaban J connectivity index is 2.63. The van der Waals surface area contributed by atoms with Crippen molar-refractivity contribution in [2.75, 3.05) is 41.2 Å². The van der Waals surface area contributed by atoms with Gasteiger partial charge in [-0.2, -0.15) is 4.98 Å². The van der Waals surface area contributed by atoms with Gasteiger partial charge in [0.15, 0.2) is 0 Å². The number of aliphatic hydroxyl groups excluding tert-OH is 1. The lowest BCUT2D eigenvalue weighted by molar-refractivity contribution is 0.00988. The lowest BCUT2D eigenvalue weighted by atomic mass is 10.2. The number of nitrogens with zero attached hydrogens (tertiary/aromatic N) is 2. The largest absolute Gasteiger partial charge is 0.480 e. The molecular formula is C11H18N2O5. The van der Waals surface area contributed by atoms with Crippen LogP contribution in [0.1, 0.15) is 11.8 Å². The minimum atomic E-state index is -0.907. The van der Waals surface area contributed by atoms with Crippen LogP contribution in [0.5, 0.6) is 11.8 Å². The summed E-state index contributed by atoms with van der Waals surface area (Å²) in [5.74, 6) is 0.542. The van der Waals surface area contributed by atoms with Gasteiger partial charge in [-0.15, -0.1) is 0 Å². The molecule has 7 nitrogen and oxygen atoms in total. The predicted molar refractivity (Wildman–Crippen MR) is 62.8 cm³/mol. The molecule has 7 heteroatoms. The fourth-order valence-corrected chi connectivity index (χ4v) is 1.26. The van der Waals surface area contributed by atoms with Crippen molar-refractivity contribution in [3.8, 4) is 11.8 Å². The Hall–Kier alpha value is -1.44. The number of hydrogen-bond donors (Lipinski definition) is 1. The zero-order valence-corrected chi connectivity index (χ0v) is 10.8. The van der Waals surface area contributed by atoms with Gasteiger partial charge in [0.1, 0.15) is 11.8 Å². The van der Waals surface area contributed by atoms with E-state index in [0.717, 1.165) is 0 Å². The zero-order valence-electron chi connectivity index (χ0n) is 10.8. The minimum Gasteiger partial charge on any atom is -0.480 e. The fourth-order valence-electron chi connectivity index (χ4n) is 1.26. The van der Waals surface area contributed by atoms with E-state index in [1.807, 2.05) is 0 Å². The first-order valence-electron chi connectivity index (χ1n) is 5.42. The van der Waals surface area contributed by atoms with Gasteiger partial charge in [0, 0.05) is 7.11 Å². The Morgan fingerprint density at radius 3 is 2.61 bits per heavy atom. The lowest BCUT2D eigenvalue weighted by Crippen LogP contribution is -2.13. The summed E-state index contributed by atoms with van der Waals surface area (Å²) >= 11 is 0. The average molecular weight is 258 g/mol. The topological polar surface area (TPSA) is 82.9 Å². The number of aromatic nitrogens is 2. The highest BCUT2D eigenvalue weighted by molar-refractivity contribution is 5.24. The third kappa shape index (κ3) is 4.10. The molecule has 1 heterocycles. The average Bonchev–Trinajstić information content (AvgIpc) is 2.42. The SMILES string of the molecule is COCCOCC(O)c1ncc(OC)nc1OC. The fraction of sp³-hybridized carbons (Fsp3) is 0.636. The Bertz CT molecular complexity index is 361. The van der Waals surface area contributed by atoms with Gasteiger partial charge in [0.2, 0.25) is 11.8 Å². The molecule has 0 saturated carbocycles. The molecule has 0 saturated heterocycles. The molecule has 0 radical (unpaired) electrons. The molecule has 102 valence electrons. The van der Waals surface area contributed by atoms with Crippen molar-refractivity contribution in [1.29, 1.82) is 0 Å². The van der Waals surface area contributed by atoms with Crippen molar-refractivity contribution in [1.82, 2.24) is 9.97 Å². The molecule has 0 aliphatic carbocycles. The van der Waals surface area contributed by atoms with Gasteiger partial charge in [-0.05, 0) is 0 Å². The Morgan fingerprint density at radius 2 is 2.00 bits per heavy atom. The van der Waals surface area contributed by atoms with Gasteiger partial charge >= 0.3 is 0 Å². The molecule has 0 bridgehead atoms. The quantitative estimate of drug-likeness (QED) is 0.666. The maximum atomic E-state index is 9.91. The van der Waals surface area contributed by atoms with Crippen LogP contribution in [0.15, 0.2) is 6.20 Å². The van der Waals surface area contributed by atoms with Gasteiger partial charge in [-0.3, -0.25) is 0 Å². The highest BCUT2D eigenvalue weighted by atomic mass is 16.5. The molecule has 0 aliphatic heterocycles. The number of methoxy groups -OCH3 is 3. The molecule has 18 heavy (non-hydrogen) atoms. The molecular weight excluding hydrogens is 240 g/mol. The monoisotopic (exact) mass is 258 g/mol. The summed E-state index contributed by atoms with van der Waals surface area (Å²) in [5, 5.41) is 9.91. The second-order valence-corrected chi connectivity index (χ2v) is 3.39. The molecule has 0 fully saturated rings. The molecule has 1 atom stereocenters. The zero-order chi connectivity index (χ0) is 13.4. The van der Waals surface area contributed by atoms with Crippen molar-refractivity contribution in [3.05, 3.63) is 11.9 Å². The van der Waals surface area contributed by atoms with E-state index in [2.05, 4.69) is 9.97 Å². The van der Waals surface area contributed by atoms with Gasteiger partial charge in [0.05, 0.1) is 40.2 Å². The van der Waals surface area contributed by atoms with E-state index in [9.17, 15) is 5.11 Å². The second-order valence-electron chi connectivity index (χ2n) is 3.39. The van der Waals surface area contributed by atoms with E-state index < -0.39 is 6.10 Å². The highest BCUT2D eigenvalue weighted by Gasteiger charge is 2.17. The van der Waals surface area contributed by atoms with Crippen LogP contribution >= 0.6 is 0 Å². The molecule has 1 unspecified atom stereocenters. The van der Waals surface area contributed by atoms with E-state index in [4.69, 9.17) is 18.9 Å². The van der Waals surface area contributed by atoms with Crippen LogP contribution in [-0.4, -0.2) is 56.2 Å².